The highest BCUT2D eigenvalue weighted by Gasteiger charge is 2.32. The summed E-state index contributed by atoms with van der Waals surface area (Å²) in [6.45, 7) is 12.0. The Morgan fingerprint density at radius 1 is 1.24 bits per heavy atom. The number of aromatic nitrogens is 2. The molecule has 118 valence electrons. The molecule has 0 bridgehead atoms. The molecule has 3 rings (SSSR count). The first kappa shape index (κ1) is 15.0. The number of hydrogen-bond donors (Lipinski definition) is 1. The van der Waals surface area contributed by atoms with Crippen LogP contribution in [0.1, 0.15) is 51.4 Å². The molecule has 0 radical (unpaired) electrons. The minimum Gasteiger partial charge on any atom is -0.330 e. The van der Waals surface area contributed by atoms with E-state index in [4.69, 9.17) is 5.73 Å². The minimum absolute atomic E-state index is 0.264. The Bertz CT molecular complexity index is 463. The topological polar surface area (TPSA) is 50.3 Å². The van der Waals surface area contributed by atoms with E-state index in [0.29, 0.717) is 18.6 Å². The van der Waals surface area contributed by atoms with Crippen LogP contribution in [0.15, 0.2) is 12.5 Å². The first-order valence-electron chi connectivity index (χ1n) is 8.21. The Balaban J connectivity index is 1.69. The van der Waals surface area contributed by atoms with Gasteiger partial charge in [0.05, 0.1) is 18.1 Å². The van der Waals surface area contributed by atoms with Gasteiger partial charge in [0.15, 0.2) is 0 Å². The van der Waals surface area contributed by atoms with E-state index >= 15 is 0 Å². The van der Waals surface area contributed by atoms with E-state index in [-0.39, 0.29) is 5.54 Å². The molecule has 5 nitrogen and oxygen atoms in total. The van der Waals surface area contributed by atoms with Crippen molar-refractivity contribution in [2.75, 3.05) is 32.7 Å². The van der Waals surface area contributed by atoms with Gasteiger partial charge in [-0.3, -0.25) is 9.80 Å². The molecule has 0 amide bonds. The molecular formula is C16H29N5. The fourth-order valence-electron chi connectivity index (χ4n) is 3.39. The van der Waals surface area contributed by atoms with E-state index in [9.17, 15) is 0 Å². The van der Waals surface area contributed by atoms with E-state index in [1.54, 1.807) is 0 Å². The normalized spacial score (nSPS) is 23.4. The maximum absolute atomic E-state index is 6.11. The SMILES string of the molecule is CC(C)(C)N1CCN(C(CN)c2cncn2C2CC2)CC1. The predicted octanol–water partition coefficient (Wildman–Crippen LogP) is 1.63. The Kier molecular flexibility index (Phi) is 4.08. The number of nitrogens with zero attached hydrogens (tertiary/aromatic N) is 4. The quantitative estimate of drug-likeness (QED) is 0.916. The first-order chi connectivity index (χ1) is 10.0. The number of imidazole rings is 1. The molecule has 1 aromatic heterocycles. The Morgan fingerprint density at radius 3 is 2.43 bits per heavy atom. The van der Waals surface area contributed by atoms with Crippen molar-refractivity contribution >= 4 is 0 Å². The van der Waals surface area contributed by atoms with Gasteiger partial charge < -0.3 is 10.3 Å². The van der Waals surface area contributed by atoms with Crippen molar-refractivity contribution in [2.45, 2.75) is 51.2 Å². The molecule has 5 heteroatoms. The zero-order valence-corrected chi connectivity index (χ0v) is 13.6. The zero-order valence-electron chi connectivity index (χ0n) is 13.6. The lowest BCUT2D eigenvalue weighted by molar-refractivity contribution is 0.0417. The van der Waals surface area contributed by atoms with Crippen molar-refractivity contribution in [1.29, 1.82) is 0 Å². The molecule has 1 saturated heterocycles. The second-order valence-corrected chi connectivity index (χ2v) is 7.40. The molecule has 2 N–H and O–H groups in total. The van der Waals surface area contributed by atoms with Crippen LogP contribution >= 0.6 is 0 Å². The number of hydrogen-bond acceptors (Lipinski definition) is 4. The van der Waals surface area contributed by atoms with Gasteiger partial charge in [0.2, 0.25) is 0 Å². The molecule has 1 saturated carbocycles. The molecule has 1 atom stereocenters. The van der Waals surface area contributed by atoms with Crippen LogP contribution < -0.4 is 5.73 Å². The van der Waals surface area contributed by atoms with Crippen LogP contribution in [0.25, 0.3) is 0 Å². The summed E-state index contributed by atoms with van der Waals surface area (Å²) < 4.78 is 2.35. The summed E-state index contributed by atoms with van der Waals surface area (Å²) >= 11 is 0. The lowest BCUT2D eigenvalue weighted by Gasteiger charge is -2.44. The van der Waals surface area contributed by atoms with Gasteiger partial charge in [-0.25, -0.2) is 4.98 Å². The van der Waals surface area contributed by atoms with Crippen LogP contribution in [0, 0.1) is 0 Å². The van der Waals surface area contributed by atoms with E-state index < -0.39 is 0 Å². The van der Waals surface area contributed by atoms with E-state index in [2.05, 4.69) is 40.1 Å². The summed E-state index contributed by atoms with van der Waals surface area (Å²) in [5, 5.41) is 0. The third-order valence-corrected chi connectivity index (χ3v) is 4.90. The Morgan fingerprint density at radius 2 is 1.90 bits per heavy atom. The van der Waals surface area contributed by atoms with Gasteiger partial charge >= 0.3 is 0 Å². The summed E-state index contributed by atoms with van der Waals surface area (Å²) in [6, 6.07) is 0.989. The number of rotatable bonds is 4. The maximum atomic E-state index is 6.11. The largest absolute Gasteiger partial charge is 0.330 e. The van der Waals surface area contributed by atoms with Gasteiger partial charge in [-0.2, -0.15) is 0 Å². The summed E-state index contributed by atoms with van der Waals surface area (Å²) in [5.41, 5.74) is 7.68. The van der Waals surface area contributed by atoms with Gasteiger partial charge in [0, 0.05) is 50.5 Å². The van der Waals surface area contributed by atoms with Gasteiger partial charge in [-0.05, 0) is 33.6 Å². The van der Waals surface area contributed by atoms with E-state index in [1.165, 1.54) is 18.5 Å². The number of piperazine rings is 1. The molecule has 2 aliphatic rings. The lowest BCUT2D eigenvalue weighted by Crippen LogP contribution is -2.54. The minimum atomic E-state index is 0.264. The van der Waals surface area contributed by atoms with Crippen LogP contribution in [0.5, 0.6) is 0 Å². The highest BCUT2D eigenvalue weighted by atomic mass is 15.3. The molecule has 2 fully saturated rings. The van der Waals surface area contributed by atoms with Crippen molar-refractivity contribution in [3.05, 3.63) is 18.2 Å². The molecule has 1 unspecified atom stereocenters. The standard InChI is InChI=1S/C16H29N5/c1-16(2,3)20-8-6-19(7-9-20)14(10-17)15-11-18-12-21(15)13-4-5-13/h11-14H,4-10,17H2,1-3H3. The van der Waals surface area contributed by atoms with Crippen molar-refractivity contribution in [1.82, 2.24) is 19.4 Å². The van der Waals surface area contributed by atoms with Crippen LogP contribution in [0.4, 0.5) is 0 Å². The van der Waals surface area contributed by atoms with E-state index in [0.717, 1.165) is 26.2 Å². The second kappa shape index (κ2) is 5.71. The highest BCUT2D eigenvalue weighted by molar-refractivity contribution is 5.10. The fourth-order valence-corrected chi connectivity index (χ4v) is 3.39. The van der Waals surface area contributed by atoms with Gasteiger partial charge in [0.1, 0.15) is 0 Å². The summed E-state index contributed by atoms with van der Waals surface area (Å²) in [5.74, 6) is 0. The molecule has 1 aliphatic heterocycles. The van der Waals surface area contributed by atoms with Gasteiger partial charge in [0.25, 0.3) is 0 Å². The third kappa shape index (κ3) is 3.15. The Hall–Kier alpha value is -0.910. The average molecular weight is 291 g/mol. The smallest absolute Gasteiger partial charge is 0.0951 e. The monoisotopic (exact) mass is 291 g/mol. The average Bonchev–Trinajstić information content (AvgIpc) is 3.19. The van der Waals surface area contributed by atoms with Crippen LogP contribution in [0.2, 0.25) is 0 Å². The molecule has 0 spiro atoms. The lowest BCUT2D eigenvalue weighted by atomic mass is 10.0. The van der Waals surface area contributed by atoms with Crippen LogP contribution in [-0.2, 0) is 0 Å². The molecule has 1 aliphatic carbocycles. The van der Waals surface area contributed by atoms with Gasteiger partial charge in [-0.15, -0.1) is 0 Å². The summed E-state index contributed by atoms with van der Waals surface area (Å²) in [4.78, 5) is 9.48. The molecule has 1 aromatic rings. The molecule has 21 heavy (non-hydrogen) atoms. The van der Waals surface area contributed by atoms with Crippen molar-refractivity contribution in [2.24, 2.45) is 5.73 Å². The molecular weight excluding hydrogens is 262 g/mol. The van der Waals surface area contributed by atoms with Crippen molar-refractivity contribution < 1.29 is 0 Å². The highest BCUT2D eigenvalue weighted by Crippen LogP contribution is 2.37. The van der Waals surface area contributed by atoms with Crippen molar-refractivity contribution in [3.63, 3.8) is 0 Å². The molecule has 0 aromatic carbocycles. The third-order valence-electron chi connectivity index (χ3n) is 4.90. The summed E-state index contributed by atoms with van der Waals surface area (Å²) in [6.07, 6.45) is 6.59. The second-order valence-electron chi connectivity index (χ2n) is 7.40. The molecule has 2 heterocycles. The predicted molar refractivity (Wildman–Crippen MR) is 85.2 cm³/mol. The van der Waals surface area contributed by atoms with Crippen molar-refractivity contribution in [3.8, 4) is 0 Å². The maximum Gasteiger partial charge on any atom is 0.0951 e. The van der Waals surface area contributed by atoms with Gasteiger partial charge in [-0.1, -0.05) is 0 Å². The van der Waals surface area contributed by atoms with Crippen LogP contribution in [-0.4, -0.2) is 57.6 Å². The summed E-state index contributed by atoms with van der Waals surface area (Å²) in [7, 11) is 0. The van der Waals surface area contributed by atoms with Crippen LogP contribution in [0.3, 0.4) is 0 Å². The zero-order chi connectivity index (χ0) is 15.0. The Labute approximate surface area is 128 Å². The first-order valence-corrected chi connectivity index (χ1v) is 8.21. The van der Waals surface area contributed by atoms with E-state index in [1.807, 2.05) is 12.5 Å². The number of nitrogens with two attached hydrogens (primary N) is 1. The fraction of sp³-hybridized carbons (Fsp3) is 0.812.